The molecule has 0 unspecified atom stereocenters. The van der Waals surface area contributed by atoms with E-state index in [1.54, 1.807) is 11.3 Å². The van der Waals surface area contributed by atoms with Gasteiger partial charge in [-0.3, -0.25) is 9.20 Å². The average Bonchev–Trinajstić information content (AvgIpc) is 3.00. The monoisotopic (exact) mass is 279 g/mol. The summed E-state index contributed by atoms with van der Waals surface area (Å²) in [5.74, 6) is 0.816. The molecule has 0 radical (unpaired) electrons. The quantitative estimate of drug-likeness (QED) is 0.805. The molecule has 3 rings (SSSR count). The van der Waals surface area contributed by atoms with E-state index in [0.29, 0.717) is 11.8 Å². The van der Waals surface area contributed by atoms with Crippen molar-refractivity contribution in [3.05, 3.63) is 17.3 Å². The second-order valence-electron chi connectivity index (χ2n) is 4.64. The number of thiazole rings is 1. The van der Waals surface area contributed by atoms with Crippen LogP contribution in [0.15, 0.2) is 11.6 Å². The van der Waals surface area contributed by atoms with Crippen molar-refractivity contribution in [2.24, 2.45) is 0 Å². The van der Waals surface area contributed by atoms with E-state index in [9.17, 15) is 4.79 Å². The third-order valence-electron chi connectivity index (χ3n) is 3.54. The van der Waals surface area contributed by atoms with Crippen LogP contribution in [0.1, 0.15) is 30.3 Å². The number of anilines is 1. The molecule has 0 amide bonds. The summed E-state index contributed by atoms with van der Waals surface area (Å²) >= 11 is 1.55. The number of fused-ring (bicyclic) bond motifs is 1. The number of hydrogen-bond donors (Lipinski definition) is 0. The summed E-state index contributed by atoms with van der Waals surface area (Å²) in [6, 6.07) is 0. The highest BCUT2D eigenvalue weighted by atomic mass is 32.1. The van der Waals surface area contributed by atoms with Crippen LogP contribution in [0, 0.1) is 0 Å². The molecule has 0 bridgehead atoms. The summed E-state index contributed by atoms with van der Waals surface area (Å²) in [5, 5.41) is 1.94. The van der Waals surface area contributed by atoms with Crippen LogP contribution in [0.4, 0.5) is 5.82 Å². The molecule has 1 saturated heterocycles. The SMILES string of the molecule is CCOC1CCN(c2nc3sccn3c2C=O)CC1. The summed E-state index contributed by atoms with van der Waals surface area (Å²) in [7, 11) is 0. The molecule has 1 fully saturated rings. The van der Waals surface area contributed by atoms with Crippen molar-refractivity contribution in [1.29, 1.82) is 0 Å². The molecule has 2 aromatic rings. The molecule has 19 heavy (non-hydrogen) atoms. The second kappa shape index (κ2) is 5.30. The molecule has 5 nitrogen and oxygen atoms in total. The fourth-order valence-electron chi connectivity index (χ4n) is 2.60. The van der Waals surface area contributed by atoms with Crippen LogP contribution in [-0.4, -0.2) is 41.5 Å². The van der Waals surface area contributed by atoms with Gasteiger partial charge in [0, 0.05) is 31.3 Å². The minimum absolute atomic E-state index is 0.352. The number of rotatable bonds is 4. The van der Waals surface area contributed by atoms with E-state index in [4.69, 9.17) is 4.74 Å². The second-order valence-corrected chi connectivity index (χ2v) is 5.51. The maximum atomic E-state index is 11.3. The number of piperidine rings is 1. The predicted molar refractivity (Wildman–Crippen MR) is 75.3 cm³/mol. The van der Waals surface area contributed by atoms with Gasteiger partial charge in [-0.25, -0.2) is 4.98 Å². The molecule has 1 aliphatic rings. The lowest BCUT2D eigenvalue weighted by Gasteiger charge is -2.32. The number of aldehydes is 1. The van der Waals surface area contributed by atoms with Crippen LogP contribution in [0.25, 0.3) is 4.96 Å². The first-order valence-corrected chi connectivity index (χ1v) is 7.48. The van der Waals surface area contributed by atoms with Gasteiger partial charge in [0.2, 0.25) is 0 Å². The Morgan fingerprint density at radius 3 is 3.00 bits per heavy atom. The minimum atomic E-state index is 0.352. The number of carbonyl (C=O) groups is 1. The summed E-state index contributed by atoms with van der Waals surface area (Å²) < 4.78 is 7.51. The molecule has 2 aromatic heterocycles. The fourth-order valence-corrected chi connectivity index (χ4v) is 3.32. The summed E-state index contributed by atoms with van der Waals surface area (Å²) in [4.78, 5) is 18.9. The van der Waals surface area contributed by atoms with E-state index in [-0.39, 0.29) is 0 Å². The molecule has 0 atom stereocenters. The zero-order valence-electron chi connectivity index (χ0n) is 10.9. The van der Waals surface area contributed by atoms with Gasteiger partial charge in [0.25, 0.3) is 0 Å². The summed E-state index contributed by atoms with van der Waals surface area (Å²) in [6.45, 7) is 4.59. The Bertz CT molecular complexity index is 569. The van der Waals surface area contributed by atoms with Gasteiger partial charge in [0.1, 0.15) is 5.69 Å². The van der Waals surface area contributed by atoms with E-state index >= 15 is 0 Å². The maximum absolute atomic E-state index is 11.3. The molecular formula is C13H17N3O2S. The number of carbonyl (C=O) groups excluding carboxylic acids is 1. The lowest BCUT2D eigenvalue weighted by molar-refractivity contribution is 0.0458. The van der Waals surface area contributed by atoms with E-state index in [1.807, 2.05) is 22.9 Å². The summed E-state index contributed by atoms with van der Waals surface area (Å²) in [5.41, 5.74) is 0.658. The van der Waals surface area contributed by atoms with Crippen molar-refractivity contribution in [2.45, 2.75) is 25.9 Å². The molecule has 1 aliphatic heterocycles. The number of imidazole rings is 1. The topological polar surface area (TPSA) is 46.8 Å². The minimum Gasteiger partial charge on any atom is -0.378 e. The van der Waals surface area contributed by atoms with Crippen molar-refractivity contribution in [3.63, 3.8) is 0 Å². The zero-order valence-corrected chi connectivity index (χ0v) is 11.7. The van der Waals surface area contributed by atoms with Crippen LogP contribution in [-0.2, 0) is 4.74 Å². The Hall–Kier alpha value is -1.40. The fraction of sp³-hybridized carbons (Fsp3) is 0.538. The first-order valence-electron chi connectivity index (χ1n) is 6.60. The molecule has 0 N–H and O–H groups in total. The van der Waals surface area contributed by atoms with E-state index in [1.165, 1.54) is 0 Å². The van der Waals surface area contributed by atoms with Gasteiger partial charge in [-0.2, -0.15) is 0 Å². The number of ether oxygens (including phenoxy) is 1. The third-order valence-corrected chi connectivity index (χ3v) is 4.29. The molecule has 0 spiro atoms. The Balaban J connectivity index is 1.81. The zero-order chi connectivity index (χ0) is 13.2. The van der Waals surface area contributed by atoms with Gasteiger partial charge >= 0.3 is 0 Å². The van der Waals surface area contributed by atoms with Gasteiger partial charge < -0.3 is 9.64 Å². The molecule has 6 heteroatoms. The first-order chi connectivity index (χ1) is 9.33. The van der Waals surface area contributed by atoms with Gasteiger partial charge in [-0.1, -0.05) is 0 Å². The Kier molecular flexibility index (Phi) is 3.52. The van der Waals surface area contributed by atoms with Crippen LogP contribution >= 0.6 is 11.3 Å². The molecule has 0 aliphatic carbocycles. The Labute approximate surface area is 115 Å². The van der Waals surface area contributed by atoms with Gasteiger partial charge in [0.05, 0.1) is 6.10 Å². The average molecular weight is 279 g/mol. The lowest BCUT2D eigenvalue weighted by Crippen LogP contribution is -2.37. The molecule has 0 aromatic carbocycles. The van der Waals surface area contributed by atoms with Crippen molar-refractivity contribution >= 4 is 28.4 Å². The normalized spacial score (nSPS) is 17.2. The molecule has 0 saturated carbocycles. The maximum Gasteiger partial charge on any atom is 0.196 e. The van der Waals surface area contributed by atoms with Gasteiger partial charge in [-0.15, -0.1) is 11.3 Å². The Morgan fingerprint density at radius 1 is 1.53 bits per heavy atom. The highest BCUT2D eigenvalue weighted by molar-refractivity contribution is 7.15. The third kappa shape index (κ3) is 2.26. The number of aromatic nitrogens is 2. The molecule has 3 heterocycles. The van der Waals surface area contributed by atoms with Crippen molar-refractivity contribution in [1.82, 2.24) is 9.38 Å². The smallest absolute Gasteiger partial charge is 0.196 e. The first kappa shape index (κ1) is 12.6. The highest BCUT2D eigenvalue weighted by Gasteiger charge is 2.24. The van der Waals surface area contributed by atoms with E-state index < -0.39 is 0 Å². The lowest BCUT2D eigenvalue weighted by atomic mass is 10.1. The van der Waals surface area contributed by atoms with Gasteiger partial charge in [0.15, 0.2) is 17.1 Å². The number of nitrogens with zero attached hydrogens (tertiary/aromatic N) is 3. The van der Waals surface area contributed by atoms with Crippen LogP contribution in [0.2, 0.25) is 0 Å². The standard InChI is InChI=1S/C13H17N3O2S/c1-2-18-10-3-5-15(6-4-10)12-11(9-17)16-7-8-19-13(16)14-12/h7-10H,2-6H2,1H3. The number of hydrogen-bond acceptors (Lipinski definition) is 5. The van der Waals surface area contributed by atoms with E-state index in [0.717, 1.165) is 49.6 Å². The van der Waals surface area contributed by atoms with Crippen molar-refractivity contribution in [3.8, 4) is 0 Å². The highest BCUT2D eigenvalue weighted by Crippen LogP contribution is 2.26. The largest absolute Gasteiger partial charge is 0.378 e. The van der Waals surface area contributed by atoms with Crippen molar-refractivity contribution in [2.75, 3.05) is 24.6 Å². The van der Waals surface area contributed by atoms with Crippen LogP contribution in [0.3, 0.4) is 0 Å². The predicted octanol–water partition coefficient (Wildman–Crippen LogP) is 2.21. The Morgan fingerprint density at radius 2 is 2.32 bits per heavy atom. The summed E-state index contributed by atoms with van der Waals surface area (Å²) in [6.07, 6.45) is 5.14. The van der Waals surface area contributed by atoms with Gasteiger partial charge in [-0.05, 0) is 19.8 Å². The molecule has 102 valence electrons. The van der Waals surface area contributed by atoms with Crippen LogP contribution < -0.4 is 4.90 Å². The van der Waals surface area contributed by atoms with Crippen LogP contribution in [0.5, 0.6) is 0 Å². The van der Waals surface area contributed by atoms with E-state index in [2.05, 4.69) is 9.88 Å². The molecular weight excluding hydrogens is 262 g/mol. The van der Waals surface area contributed by atoms with Crippen molar-refractivity contribution < 1.29 is 9.53 Å².